The molecule has 0 N–H and O–H groups in total. The van der Waals surface area contributed by atoms with Gasteiger partial charge in [0, 0.05) is 18.9 Å². The number of hydrogen-bond acceptors (Lipinski definition) is 4. The molecule has 1 aromatic carbocycles. The number of nitrogens with zero attached hydrogens (tertiary/aromatic N) is 1. The van der Waals surface area contributed by atoms with E-state index in [2.05, 4.69) is 11.9 Å². The van der Waals surface area contributed by atoms with E-state index in [1.807, 2.05) is 24.3 Å². The van der Waals surface area contributed by atoms with Crippen LogP contribution in [0.4, 0.5) is 0 Å². The molecule has 1 spiro atoms. The Morgan fingerprint density at radius 2 is 1.74 bits per heavy atom. The van der Waals surface area contributed by atoms with Crippen molar-refractivity contribution >= 4 is 5.78 Å². The molecular weight excluding hydrogens is 290 g/mol. The predicted molar refractivity (Wildman–Crippen MR) is 90.0 cm³/mol. The molecule has 2 aliphatic carbocycles. The molecule has 1 aliphatic heterocycles. The minimum Gasteiger partial charge on any atom is -0.493 e. The molecule has 2 saturated carbocycles. The maximum absolute atomic E-state index is 11.6. The molecule has 4 nitrogen and oxygen atoms in total. The van der Waals surface area contributed by atoms with Crippen molar-refractivity contribution in [3.8, 4) is 11.5 Å². The van der Waals surface area contributed by atoms with Crippen LogP contribution in [-0.4, -0.2) is 44.5 Å². The van der Waals surface area contributed by atoms with Gasteiger partial charge in [-0.3, -0.25) is 4.79 Å². The van der Waals surface area contributed by atoms with Crippen LogP contribution in [0.15, 0.2) is 24.3 Å². The third-order valence-corrected chi connectivity index (χ3v) is 5.78. The van der Waals surface area contributed by atoms with Gasteiger partial charge in [0.25, 0.3) is 0 Å². The molecule has 4 rings (SSSR count). The van der Waals surface area contributed by atoms with Crippen molar-refractivity contribution in [2.75, 3.05) is 27.8 Å². The molecule has 126 valence electrons. The molecular formula is C19H27NO3. The van der Waals surface area contributed by atoms with E-state index in [1.165, 1.54) is 25.8 Å². The number of likely N-dealkylation sites (tertiary alicyclic amines) is 1. The van der Waals surface area contributed by atoms with Gasteiger partial charge in [-0.2, -0.15) is 0 Å². The number of fused-ring (bicyclic) bond motifs is 2. The highest BCUT2D eigenvalue weighted by Crippen LogP contribution is 2.61. The number of methoxy groups -OCH3 is 2. The Morgan fingerprint density at radius 3 is 2.26 bits per heavy atom. The normalized spacial score (nSPS) is 27.9. The van der Waals surface area contributed by atoms with Crippen molar-refractivity contribution in [2.45, 2.75) is 38.1 Å². The minimum atomic E-state index is 0.491. The summed E-state index contributed by atoms with van der Waals surface area (Å²) in [6.45, 7) is 1.21. The highest BCUT2D eigenvalue weighted by Gasteiger charge is 2.58. The van der Waals surface area contributed by atoms with Crippen LogP contribution in [0.5, 0.6) is 11.5 Å². The summed E-state index contributed by atoms with van der Waals surface area (Å²) in [5, 5.41) is 0. The molecule has 2 unspecified atom stereocenters. The maximum atomic E-state index is 11.6. The fourth-order valence-electron chi connectivity index (χ4n) is 4.35. The fourth-order valence-corrected chi connectivity index (χ4v) is 4.35. The number of rotatable bonds is 2. The molecule has 2 atom stereocenters. The van der Waals surface area contributed by atoms with E-state index in [1.54, 1.807) is 14.2 Å². The molecule has 0 aromatic heterocycles. The van der Waals surface area contributed by atoms with E-state index in [0.29, 0.717) is 17.2 Å². The first-order valence-corrected chi connectivity index (χ1v) is 8.48. The second kappa shape index (κ2) is 6.52. The molecule has 1 saturated heterocycles. The van der Waals surface area contributed by atoms with Crippen LogP contribution in [-0.2, 0) is 4.79 Å². The lowest BCUT2D eigenvalue weighted by Crippen LogP contribution is -2.40. The monoisotopic (exact) mass is 317 g/mol. The second-order valence-corrected chi connectivity index (χ2v) is 7.08. The van der Waals surface area contributed by atoms with E-state index in [9.17, 15) is 4.79 Å². The molecule has 1 aromatic rings. The van der Waals surface area contributed by atoms with Gasteiger partial charge in [0.15, 0.2) is 11.5 Å². The average molecular weight is 317 g/mol. The number of ketones is 1. The summed E-state index contributed by atoms with van der Waals surface area (Å²) >= 11 is 0. The van der Waals surface area contributed by atoms with Crippen LogP contribution in [0.25, 0.3) is 0 Å². The summed E-state index contributed by atoms with van der Waals surface area (Å²) in [6.07, 6.45) is 5.74. The first-order valence-electron chi connectivity index (χ1n) is 8.48. The van der Waals surface area contributed by atoms with Crippen molar-refractivity contribution in [1.29, 1.82) is 0 Å². The zero-order chi connectivity index (χ0) is 16.4. The largest absolute Gasteiger partial charge is 0.493 e. The number of para-hydroxylation sites is 2. The lowest BCUT2D eigenvalue weighted by molar-refractivity contribution is -0.124. The van der Waals surface area contributed by atoms with Gasteiger partial charge >= 0.3 is 0 Å². The summed E-state index contributed by atoms with van der Waals surface area (Å²) in [5.41, 5.74) is 0.491. The molecule has 4 heteroatoms. The number of hydrogen-bond donors (Lipinski definition) is 0. The van der Waals surface area contributed by atoms with Crippen LogP contribution in [0.2, 0.25) is 0 Å². The number of carbonyl (C=O) groups is 1. The Kier molecular flexibility index (Phi) is 4.62. The van der Waals surface area contributed by atoms with Gasteiger partial charge in [-0.25, -0.2) is 0 Å². The summed E-state index contributed by atoms with van der Waals surface area (Å²) in [6, 6.07) is 8.13. The van der Waals surface area contributed by atoms with Gasteiger partial charge < -0.3 is 14.4 Å². The molecule has 1 heterocycles. The van der Waals surface area contributed by atoms with Gasteiger partial charge in [-0.15, -0.1) is 0 Å². The Balaban J connectivity index is 0.000000142. The van der Waals surface area contributed by atoms with Crippen LogP contribution < -0.4 is 9.47 Å². The molecule has 3 aliphatic rings. The van der Waals surface area contributed by atoms with E-state index in [4.69, 9.17) is 9.47 Å². The van der Waals surface area contributed by atoms with Crippen LogP contribution in [0.3, 0.4) is 0 Å². The topological polar surface area (TPSA) is 38.8 Å². The standard InChI is InChI=1S/C11H17NO.C8H10O2/c1-12-5-2-9-10(12)6-8(13)7-11(9)3-4-11;1-9-7-5-3-4-6-8(7)10-2/h9-10H,2-7H2,1H3;3-6H,1-2H3. The molecule has 0 amide bonds. The minimum absolute atomic E-state index is 0.491. The first kappa shape index (κ1) is 16.3. The van der Waals surface area contributed by atoms with Gasteiger partial charge in [-0.1, -0.05) is 12.1 Å². The Morgan fingerprint density at radius 1 is 1.13 bits per heavy atom. The second-order valence-electron chi connectivity index (χ2n) is 7.08. The molecule has 23 heavy (non-hydrogen) atoms. The first-order chi connectivity index (χ1) is 11.1. The number of carbonyl (C=O) groups excluding carboxylic acids is 1. The van der Waals surface area contributed by atoms with E-state index in [-0.39, 0.29) is 0 Å². The van der Waals surface area contributed by atoms with Gasteiger partial charge in [0.1, 0.15) is 5.78 Å². The van der Waals surface area contributed by atoms with Crippen molar-refractivity contribution < 1.29 is 14.3 Å². The highest BCUT2D eigenvalue weighted by atomic mass is 16.5. The van der Waals surface area contributed by atoms with Crippen molar-refractivity contribution in [3.05, 3.63) is 24.3 Å². The summed E-state index contributed by atoms with van der Waals surface area (Å²) in [7, 11) is 5.43. The van der Waals surface area contributed by atoms with Crippen molar-refractivity contribution in [1.82, 2.24) is 4.90 Å². The SMILES string of the molecule is CN1CCC2C1CC(=O)CC21CC1.COc1ccccc1OC. The van der Waals surface area contributed by atoms with E-state index < -0.39 is 0 Å². The van der Waals surface area contributed by atoms with Crippen molar-refractivity contribution in [3.63, 3.8) is 0 Å². The maximum Gasteiger partial charge on any atom is 0.160 e. The summed E-state index contributed by atoms with van der Waals surface area (Å²) < 4.78 is 10.0. The number of benzene rings is 1. The third-order valence-electron chi connectivity index (χ3n) is 5.78. The van der Waals surface area contributed by atoms with Gasteiger partial charge in [0.2, 0.25) is 0 Å². The number of Topliss-reactive ketones (excluding diaryl/α,β-unsaturated/α-hetero) is 1. The van der Waals surface area contributed by atoms with Crippen LogP contribution in [0.1, 0.15) is 32.1 Å². The molecule has 3 fully saturated rings. The van der Waals surface area contributed by atoms with E-state index in [0.717, 1.165) is 30.3 Å². The zero-order valence-corrected chi connectivity index (χ0v) is 14.4. The Labute approximate surface area is 138 Å². The fraction of sp³-hybridized carbons (Fsp3) is 0.632. The van der Waals surface area contributed by atoms with Crippen LogP contribution in [0, 0.1) is 11.3 Å². The quantitative estimate of drug-likeness (QED) is 0.840. The van der Waals surface area contributed by atoms with Gasteiger partial charge in [-0.05, 0) is 56.3 Å². The summed E-state index contributed by atoms with van der Waals surface area (Å²) in [5.74, 6) is 2.91. The predicted octanol–water partition coefficient (Wildman–Crippen LogP) is 3.15. The lowest BCUT2D eigenvalue weighted by Gasteiger charge is -2.35. The zero-order valence-electron chi connectivity index (χ0n) is 14.4. The van der Waals surface area contributed by atoms with E-state index >= 15 is 0 Å². The Bertz CT molecular complexity index is 544. The highest BCUT2D eigenvalue weighted by molar-refractivity contribution is 5.81. The Hall–Kier alpha value is -1.55. The van der Waals surface area contributed by atoms with Gasteiger partial charge in [0.05, 0.1) is 14.2 Å². The average Bonchev–Trinajstić information content (AvgIpc) is 3.23. The van der Waals surface area contributed by atoms with Crippen molar-refractivity contribution in [2.24, 2.45) is 11.3 Å². The molecule has 0 bridgehead atoms. The van der Waals surface area contributed by atoms with Crippen LogP contribution >= 0.6 is 0 Å². The molecule has 0 radical (unpaired) electrons. The lowest BCUT2D eigenvalue weighted by atomic mass is 9.73. The third kappa shape index (κ3) is 3.23. The number of ether oxygens (including phenoxy) is 2. The summed E-state index contributed by atoms with van der Waals surface area (Å²) in [4.78, 5) is 14.0. The smallest absolute Gasteiger partial charge is 0.160 e.